The third kappa shape index (κ3) is 3.19. The summed E-state index contributed by atoms with van der Waals surface area (Å²) in [6.07, 6.45) is 3.27. The quantitative estimate of drug-likeness (QED) is 0.747. The maximum absolute atomic E-state index is 11.4. The first kappa shape index (κ1) is 14.4. The first-order valence-corrected chi connectivity index (χ1v) is 7.53. The van der Waals surface area contributed by atoms with Gasteiger partial charge in [0, 0.05) is 19.2 Å². The van der Waals surface area contributed by atoms with Crippen molar-refractivity contribution in [2.45, 2.75) is 32.2 Å². The maximum Gasteiger partial charge on any atom is 0.262 e. The van der Waals surface area contributed by atoms with Gasteiger partial charge >= 0.3 is 0 Å². The molecule has 5 heteroatoms. The minimum atomic E-state index is -0.111. The number of aliphatic hydroxyl groups excluding tert-OH is 1. The second kappa shape index (κ2) is 5.66. The highest BCUT2D eigenvalue weighted by atomic mass is 16.5. The van der Waals surface area contributed by atoms with E-state index in [1.54, 1.807) is 0 Å². The zero-order valence-corrected chi connectivity index (χ0v) is 12.3. The van der Waals surface area contributed by atoms with Gasteiger partial charge in [0.1, 0.15) is 5.75 Å². The molecule has 0 spiro atoms. The number of aliphatic hydroxyl groups is 1. The minimum Gasteiger partial charge on any atom is -0.482 e. The van der Waals surface area contributed by atoms with Crippen LogP contribution in [-0.2, 0) is 4.79 Å². The Hall–Kier alpha value is -1.59. The molecule has 3 N–H and O–H groups in total. The van der Waals surface area contributed by atoms with E-state index in [-0.39, 0.29) is 25.2 Å². The lowest BCUT2D eigenvalue weighted by Gasteiger charge is -2.22. The second-order valence-corrected chi connectivity index (χ2v) is 6.17. The molecular formula is C16H22N2O3. The second-order valence-electron chi connectivity index (χ2n) is 6.17. The van der Waals surface area contributed by atoms with Crippen LogP contribution < -0.4 is 15.4 Å². The third-order valence-corrected chi connectivity index (χ3v) is 4.52. The summed E-state index contributed by atoms with van der Waals surface area (Å²) in [4.78, 5) is 11.4. The van der Waals surface area contributed by atoms with Crippen molar-refractivity contribution in [3.05, 3.63) is 23.8 Å². The van der Waals surface area contributed by atoms with Crippen molar-refractivity contribution in [2.24, 2.45) is 5.41 Å². The highest BCUT2D eigenvalue weighted by Crippen LogP contribution is 2.48. The zero-order valence-electron chi connectivity index (χ0n) is 12.3. The summed E-state index contributed by atoms with van der Waals surface area (Å²) >= 11 is 0. The predicted molar refractivity (Wildman–Crippen MR) is 80.4 cm³/mol. The molecule has 5 nitrogen and oxygen atoms in total. The van der Waals surface area contributed by atoms with Crippen molar-refractivity contribution < 1.29 is 14.6 Å². The van der Waals surface area contributed by atoms with Crippen molar-refractivity contribution in [3.63, 3.8) is 0 Å². The van der Waals surface area contributed by atoms with Crippen LogP contribution in [0.5, 0.6) is 5.75 Å². The number of nitrogens with one attached hydrogen (secondary N) is 2. The SMILES string of the molecule is CC(NCC1(CCO)CC1)c1ccc2c(c1)NC(=O)CO2. The van der Waals surface area contributed by atoms with Gasteiger partial charge in [-0.25, -0.2) is 0 Å². The Kier molecular flexibility index (Phi) is 3.87. The Balaban J connectivity index is 1.63. The summed E-state index contributed by atoms with van der Waals surface area (Å²) in [5.41, 5.74) is 2.17. The molecule has 1 aromatic carbocycles. The molecule has 1 aliphatic carbocycles. The maximum atomic E-state index is 11.4. The number of ether oxygens (including phenoxy) is 1. The molecule has 1 aromatic rings. The van der Waals surface area contributed by atoms with Crippen LogP contribution in [0.15, 0.2) is 18.2 Å². The van der Waals surface area contributed by atoms with Crippen LogP contribution in [-0.4, -0.2) is 30.8 Å². The Morgan fingerprint density at radius 1 is 1.48 bits per heavy atom. The van der Waals surface area contributed by atoms with Crippen LogP contribution in [0, 0.1) is 5.41 Å². The lowest BCUT2D eigenvalue weighted by atomic mass is 10.0. The van der Waals surface area contributed by atoms with E-state index in [9.17, 15) is 4.79 Å². The zero-order chi connectivity index (χ0) is 14.9. The van der Waals surface area contributed by atoms with Crippen molar-refractivity contribution >= 4 is 11.6 Å². The molecule has 0 radical (unpaired) electrons. The van der Waals surface area contributed by atoms with Gasteiger partial charge in [-0.3, -0.25) is 4.79 Å². The first-order valence-electron chi connectivity index (χ1n) is 7.53. The van der Waals surface area contributed by atoms with E-state index < -0.39 is 0 Å². The van der Waals surface area contributed by atoms with Crippen LogP contribution in [0.25, 0.3) is 0 Å². The number of amides is 1. The summed E-state index contributed by atoms with van der Waals surface area (Å²) < 4.78 is 5.37. The summed E-state index contributed by atoms with van der Waals surface area (Å²) in [5.74, 6) is 0.615. The standard InChI is InChI=1S/C16H22N2O3/c1-11(17-10-16(4-5-16)6-7-19)12-2-3-14-13(8-12)18-15(20)9-21-14/h2-3,8,11,17,19H,4-7,9-10H2,1H3,(H,18,20). The highest BCUT2D eigenvalue weighted by Gasteiger charge is 2.41. The van der Waals surface area contributed by atoms with E-state index in [1.807, 2.05) is 18.2 Å². The van der Waals surface area contributed by atoms with E-state index in [2.05, 4.69) is 17.6 Å². The van der Waals surface area contributed by atoms with E-state index >= 15 is 0 Å². The number of hydrogen-bond donors (Lipinski definition) is 3. The van der Waals surface area contributed by atoms with Crippen LogP contribution in [0.4, 0.5) is 5.69 Å². The van der Waals surface area contributed by atoms with Crippen molar-refractivity contribution in [1.82, 2.24) is 5.32 Å². The fourth-order valence-corrected chi connectivity index (χ4v) is 2.79. The molecule has 1 saturated carbocycles. The van der Waals surface area contributed by atoms with Gasteiger partial charge in [-0.1, -0.05) is 6.07 Å². The van der Waals surface area contributed by atoms with E-state index in [0.717, 1.165) is 30.0 Å². The van der Waals surface area contributed by atoms with Crippen LogP contribution in [0.1, 0.15) is 37.8 Å². The smallest absolute Gasteiger partial charge is 0.262 e. The molecule has 1 heterocycles. The van der Waals surface area contributed by atoms with E-state index in [1.165, 1.54) is 12.8 Å². The van der Waals surface area contributed by atoms with Gasteiger partial charge in [-0.05, 0) is 49.3 Å². The Morgan fingerprint density at radius 3 is 3.00 bits per heavy atom. The molecule has 1 amide bonds. The number of fused-ring (bicyclic) bond motifs is 1. The van der Waals surface area contributed by atoms with Gasteiger partial charge in [0.2, 0.25) is 0 Å². The van der Waals surface area contributed by atoms with Gasteiger partial charge in [-0.15, -0.1) is 0 Å². The summed E-state index contributed by atoms with van der Waals surface area (Å²) in [5, 5.41) is 15.5. The van der Waals surface area contributed by atoms with Crippen molar-refractivity contribution in [1.29, 1.82) is 0 Å². The molecule has 2 aliphatic rings. The lowest BCUT2D eigenvalue weighted by molar-refractivity contribution is -0.118. The predicted octanol–water partition coefficient (Wildman–Crippen LogP) is 1.83. The number of hydrogen-bond acceptors (Lipinski definition) is 4. The normalized spacial score (nSPS) is 20.2. The Bertz CT molecular complexity index is 540. The highest BCUT2D eigenvalue weighted by molar-refractivity contribution is 5.95. The minimum absolute atomic E-state index is 0.0871. The van der Waals surface area contributed by atoms with Gasteiger partial charge in [0.05, 0.1) is 5.69 Å². The lowest BCUT2D eigenvalue weighted by Crippen LogP contribution is -2.28. The summed E-state index contributed by atoms with van der Waals surface area (Å²) in [6.45, 7) is 3.39. The number of carbonyl (C=O) groups excluding carboxylic acids is 1. The summed E-state index contributed by atoms with van der Waals surface area (Å²) in [7, 11) is 0. The molecular weight excluding hydrogens is 268 g/mol. The van der Waals surface area contributed by atoms with E-state index in [4.69, 9.17) is 9.84 Å². The molecule has 0 bridgehead atoms. The number of anilines is 1. The fourth-order valence-electron chi connectivity index (χ4n) is 2.79. The molecule has 1 fully saturated rings. The molecule has 0 saturated heterocycles. The average Bonchev–Trinajstić information content (AvgIpc) is 3.24. The molecule has 114 valence electrons. The summed E-state index contributed by atoms with van der Waals surface area (Å²) in [6, 6.07) is 6.10. The Morgan fingerprint density at radius 2 is 2.29 bits per heavy atom. The number of benzene rings is 1. The van der Waals surface area contributed by atoms with Gasteiger partial charge in [0.25, 0.3) is 5.91 Å². The molecule has 1 atom stereocenters. The molecule has 0 aromatic heterocycles. The largest absolute Gasteiger partial charge is 0.482 e. The van der Waals surface area contributed by atoms with Crippen LogP contribution in [0.3, 0.4) is 0 Å². The fraction of sp³-hybridized carbons (Fsp3) is 0.562. The average molecular weight is 290 g/mol. The van der Waals surface area contributed by atoms with Crippen LogP contribution >= 0.6 is 0 Å². The van der Waals surface area contributed by atoms with E-state index in [0.29, 0.717) is 5.41 Å². The van der Waals surface area contributed by atoms with Gasteiger partial charge < -0.3 is 20.5 Å². The number of carbonyl (C=O) groups is 1. The third-order valence-electron chi connectivity index (χ3n) is 4.52. The van der Waals surface area contributed by atoms with Crippen LogP contribution in [0.2, 0.25) is 0 Å². The first-order chi connectivity index (χ1) is 10.1. The van der Waals surface area contributed by atoms with Gasteiger partial charge in [-0.2, -0.15) is 0 Å². The molecule has 1 aliphatic heterocycles. The van der Waals surface area contributed by atoms with Crippen molar-refractivity contribution in [2.75, 3.05) is 25.1 Å². The monoisotopic (exact) mass is 290 g/mol. The van der Waals surface area contributed by atoms with Crippen molar-refractivity contribution in [3.8, 4) is 5.75 Å². The molecule has 21 heavy (non-hydrogen) atoms. The molecule has 3 rings (SSSR count). The Labute approximate surface area is 124 Å². The topological polar surface area (TPSA) is 70.6 Å². The van der Waals surface area contributed by atoms with Gasteiger partial charge in [0.15, 0.2) is 6.61 Å². The molecule has 1 unspecified atom stereocenters. The number of rotatable bonds is 6.